The van der Waals surface area contributed by atoms with E-state index in [2.05, 4.69) is 0 Å². The number of aliphatic hydroxyl groups excluding tert-OH is 1. The van der Waals surface area contributed by atoms with E-state index in [1.165, 1.54) is 6.92 Å². The van der Waals surface area contributed by atoms with Crippen LogP contribution in [0.5, 0.6) is 0 Å². The van der Waals surface area contributed by atoms with Crippen LogP contribution in [0.15, 0.2) is 24.3 Å². The standard InChI is InChI=1S/C18H21ClF3NO4/c1-2-13(16(26)18(20,21)22)23-14(10-3-6-12(19)7-4-10)8-5-11(17(23)27)9-15(24)25/h3-4,6-7,11,13-14,16,26H,2,5,8-9H2,1H3,(H,24,25)/t11?,13-,14?,16?/m0/s1. The number of amides is 1. The second kappa shape index (κ2) is 8.48. The molecule has 0 aromatic heterocycles. The zero-order valence-electron chi connectivity index (χ0n) is 14.6. The summed E-state index contributed by atoms with van der Waals surface area (Å²) in [7, 11) is 0. The van der Waals surface area contributed by atoms with E-state index in [1.54, 1.807) is 24.3 Å². The third kappa shape index (κ3) is 4.93. The summed E-state index contributed by atoms with van der Waals surface area (Å²) in [4.78, 5) is 25.0. The van der Waals surface area contributed by atoms with Crippen LogP contribution in [-0.2, 0) is 9.59 Å². The number of likely N-dealkylation sites (tertiary alicyclic amines) is 1. The second-order valence-corrected chi connectivity index (χ2v) is 7.08. The summed E-state index contributed by atoms with van der Waals surface area (Å²) in [5.41, 5.74) is 0.592. The van der Waals surface area contributed by atoms with E-state index in [-0.39, 0.29) is 12.8 Å². The van der Waals surface area contributed by atoms with Gasteiger partial charge in [0.15, 0.2) is 6.10 Å². The van der Waals surface area contributed by atoms with Crippen molar-refractivity contribution in [3.63, 3.8) is 0 Å². The van der Waals surface area contributed by atoms with Gasteiger partial charge in [0.05, 0.1) is 18.5 Å². The van der Waals surface area contributed by atoms with Gasteiger partial charge in [-0.05, 0) is 37.0 Å². The summed E-state index contributed by atoms with van der Waals surface area (Å²) in [5.74, 6) is -2.79. The average Bonchev–Trinajstić information content (AvgIpc) is 2.58. The summed E-state index contributed by atoms with van der Waals surface area (Å²) in [6.45, 7) is 1.45. The lowest BCUT2D eigenvalue weighted by Crippen LogP contribution is -2.56. The van der Waals surface area contributed by atoms with Gasteiger partial charge in [-0.3, -0.25) is 9.59 Å². The molecule has 1 amide bonds. The Labute approximate surface area is 159 Å². The van der Waals surface area contributed by atoms with Crippen LogP contribution in [0, 0.1) is 5.92 Å². The number of carbonyl (C=O) groups excluding carboxylic acids is 1. The highest BCUT2D eigenvalue weighted by atomic mass is 35.5. The van der Waals surface area contributed by atoms with Crippen LogP contribution >= 0.6 is 11.6 Å². The van der Waals surface area contributed by atoms with Crippen molar-refractivity contribution in [2.45, 2.75) is 57.0 Å². The number of carbonyl (C=O) groups is 2. The third-order valence-electron chi connectivity index (χ3n) is 4.88. The van der Waals surface area contributed by atoms with Crippen molar-refractivity contribution < 1.29 is 33.0 Å². The fraction of sp³-hybridized carbons (Fsp3) is 0.556. The molecule has 0 radical (unpaired) electrons. The molecule has 1 saturated heterocycles. The molecule has 1 fully saturated rings. The number of carboxylic acid groups (broad SMARTS) is 1. The van der Waals surface area contributed by atoms with E-state index in [4.69, 9.17) is 16.7 Å². The molecule has 3 unspecified atom stereocenters. The Hall–Kier alpha value is -1.80. The number of benzene rings is 1. The van der Waals surface area contributed by atoms with Gasteiger partial charge < -0.3 is 15.1 Å². The summed E-state index contributed by atoms with van der Waals surface area (Å²) in [6.07, 6.45) is -7.66. The normalized spacial score (nSPS) is 23.2. The predicted octanol–water partition coefficient (Wildman–Crippen LogP) is 3.80. The van der Waals surface area contributed by atoms with Crippen LogP contribution in [0.4, 0.5) is 13.2 Å². The van der Waals surface area contributed by atoms with Gasteiger partial charge in [-0.25, -0.2) is 0 Å². The number of alkyl halides is 3. The number of piperidine rings is 1. The maximum atomic E-state index is 13.2. The monoisotopic (exact) mass is 407 g/mol. The first-order valence-corrected chi connectivity index (χ1v) is 8.98. The van der Waals surface area contributed by atoms with Crippen LogP contribution in [-0.4, -0.2) is 45.3 Å². The van der Waals surface area contributed by atoms with Gasteiger partial charge in [-0.15, -0.1) is 0 Å². The van der Waals surface area contributed by atoms with Crippen molar-refractivity contribution in [1.82, 2.24) is 4.90 Å². The van der Waals surface area contributed by atoms with E-state index in [0.29, 0.717) is 17.0 Å². The van der Waals surface area contributed by atoms with E-state index in [9.17, 15) is 27.9 Å². The SMILES string of the molecule is CC[C@@H](C(O)C(F)(F)F)N1C(=O)C(CC(=O)O)CCC1c1ccc(Cl)cc1. The van der Waals surface area contributed by atoms with Gasteiger partial charge in [0.2, 0.25) is 5.91 Å². The Bertz CT molecular complexity index is 680. The van der Waals surface area contributed by atoms with Gasteiger partial charge in [-0.2, -0.15) is 13.2 Å². The van der Waals surface area contributed by atoms with Crippen molar-refractivity contribution in [1.29, 1.82) is 0 Å². The predicted molar refractivity (Wildman–Crippen MR) is 92.2 cm³/mol. The topological polar surface area (TPSA) is 77.8 Å². The lowest BCUT2D eigenvalue weighted by Gasteiger charge is -2.45. The first kappa shape index (κ1) is 21.5. The van der Waals surface area contributed by atoms with Crippen LogP contribution in [0.25, 0.3) is 0 Å². The minimum atomic E-state index is -4.90. The highest BCUT2D eigenvalue weighted by Crippen LogP contribution is 2.40. The van der Waals surface area contributed by atoms with Gasteiger partial charge >= 0.3 is 12.1 Å². The lowest BCUT2D eigenvalue weighted by atomic mass is 9.84. The van der Waals surface area contributed by atoms with Gasteiger partial charge in [0.1, 0.15) is 0 Å². The molecule has 0 bridgehead atoms. The molecule has 5 nitrogen and oxygen atoms in total. The van der Waals surface area contributed by atoms with Crippen molar-refractivity contribution in [3.05, 3.63) is 34.9 Å². The number of aliphatic carboxylic acids is 1. The Morgan fingerprint density at radius 3 is 2.37 bits per heavy atom. The fourth-order valence-corrected chi connectivity index (χ4v) is 3.71. The molecule has 0 saturated carbocycles. The molecule has 27 heavy (non-hydrogen) atoms. The molecule has 1 aliphatic rings. The molecule has 1 aromatic rings. The molecule has 4 atom stereocenters. The van der Waals surface area contributed by atoms with E-state index >= 15 is 0 Å². The number of aliphatic hydroxyl groups is 1. The van der Waals surface area contributed by atoms with Crippen LogP contribution in [0.2, 0.25) is 5.02 Å². The maximum Gasteiger partial charge on any atom is 0.416 e. The lowest BCUT2D eigenvalue weighted by molar-refractivity contribution is -0.226. The number of rotatable bonds is 6. The zero-order valence-corrected chi connectivity index (χ0v) is 15.4. The van der Waals surface area contributed by atoms with E-state index < -0.39 is 48.6 Å². The molecule has 9 heteroatoms. The molecule has 1 aromatic carbocycles. The molecular formula is C18H21ClF3NO4. The van der Waals surface area contributed by atoms with Crippen LogP contribution in [0.3, 0.4) is 0 Å². The summed E-state index contributed by atoms with van der Waals surface area (Å²) in [5, 5.41) is 19.3. The Kier molecular flexibility index (Phi) is 6.75. The highest BCUT2D eigenvalue weighted by molar-refractivity contribution is 6.30. The van der Waals surface area contributed by atoms with E-state index in [1.807, 2.05) is 0 Å². The van der Waals surface area contributed by atoms with Crippen molar-refractivity contribution in [2.24, 2.45) is 5.92 Å². The van der Waals surface area contributed by atoms with Gasteiger partial charge in [0, 0.05) is 10.9 Å². The molecule has 1 aliphatic heterocycles. The van der Waals surface area contributed by atoms with Gasteiger partial charge in [0.25, 0.3) is 0 Å². The summed E-state index contributed by atoms with van der Waals surface area (Å²) < 4.78 is 39.5. The number of nitrogens with zero attached hydrogens (tertiary/aromatic N) is 1. The maximum absolute atomic E-state index is 13.2. The molecule has 2 N–H and O–H groups in total. The summed E-state index contributed by atoms with van der Waals surface area (Å²) in [6, 6.07) is 4.19. The number of halogens is 4. The molecule has 2 rings (SSSR count). The first-order valence-electron chi connectivity index (χ1n) is 8.60. The minimum absolute atomic E-state index is 0.129. The van der Waals surface area contributed by atoms with Crippen molar-refractivity contribution >= 4 is 23.5 Å². The quantitative estimate of drug-likeness (QED) is 0.752. The Morgan fingerprint density at radius 2 is 1.89 bits per heavy atom. The first-order chi connectivity index (χ1) is 12.6. The van der Waals surface area contributed by atoms with Crippen LogP contribution < -0.4 is 0 Å². The average molecular weight is 408 g/mol. The molecular weight excluding hydrogens is 387 g/mol. The Balaban J connectivity index is 2.44. The fourth-order valence-electron chi connectivity index (χ4n) is 3.58. The van der Waals surface area contributed by atoms with Crippen molar-refractivity contribution in [3.8, 4) is 0 Å². The third-order valence-corrected chi connectivity index (χ3v) is 5.13. The number of carboxylic acids is 1. The largest absolute Gasteiger partial charge is 0.481 e. The van der Waals surface area contributed by atoms with E-state index in [0.717, 1.165) is 4.90 Å². The minimum Gasteiger partial charge on any atom is -0.481 e. The molecule has 150 valence electrons. The highest BCUT2D eigenvalue weighted by Gasteiger charge is 2.50. The smallest absolute Gasteiger partial charge is 0.416 e. The molecule has 0 aliphatic carbocycles. The number of hydrogen-bond donors (Lipinski definition) is 2. The molecule has 1 heterocycles. The zero-order chi connectivity index (χ0) is 20.4. The number of hydrogen-bond acceptors (Lipinski definition) is 3. The molecule has 0 spiro atoms. The summed E-state index contributed by atoms with van der Waals surface area (Å²) >= 11 is 5.86. The van der Waals surface area contributed by atoms with Crippen molar-refractivity contribution in [2.75, 3.05) is 0 Å². The Morgan fingerprint density at radius 1 is 1.30 bits per heavy atom. The van der Waals surface area contributed by atoms with Crippen LogP contribution in [0.1, 0.15) is 44.2 Å². The van der Waals surface area contributed by atoms with Gasteiger partial charge in [-0.1, -0.05) is 30.7 Å². The second-order valence-electron chi connectivity index (χ2n) is 6.65.